The number of furan rings is 1. The highest BCUT2D eigenvalue weighted by Gasteiger charge is 2.14. The number of benzene rings is 2. The van der Waals surface area contributed by atoms with Crippen LogP contribution in [0.15, 0.2) is 74.3 Å². The summed E-state index contributed by atoms with van der Waals surface area (Å²) in [6, 6.07) is 20.2. The van der Waals surface area contributed by atoms with Gasteiger partial charge < -0.3 is 8.83 Å². The van der Waals surface area contributed by atoms with Gasteiger partial charge in [-0.05, 0) is 35.6 Å². The standard InChI is InChI=1S/C25H24O3/c1-3-5-17-7-11-19(12-8-17)21-16-24(26)28-25-22(21)15-23(27-25)20-13-9-18(6-4-2)10-14-20/h7-16H,3-6H2,1-2H3. The first kappa shape index (κ1) is 18.3. The Bertz CT molecular complexity index is 1130. The fourth-order valence-electron chi connectivity index (χ4n) is 3.60. The predicted octanol–water partition coefficient (Wildman–Crippen LogP) is 6.63. The maximum Gasteiger partial charge on any atom is 0.339 e. The van der Waals surface area contributed by atoms with Crippen LogP contribution in [0.3, 0.4) is 0 Å². The minimum absolute atomic E-state index is 0.271. The lowest BCUT2D eigenvalue weighted by molar-refractivity contribution is 0.456. The van der Waals surface area contributed by atoms with Crippen molar-refractivity contribution in [3.05, 3.63) is 82.2 Å². The summed E-state index contributed by atoms with van der Waals surface area (Å²) in [6.45, 7) is 4.34. The maximum atomic E-state index is 12.1. The minimum Gasteiger partial charge on any atom is -0.425 e. The molecule has 2 heterocycles. The lowest BCUT2D eigenvalue weighted by atomic mass is 10.0. The first-order valence-electron chi connectivity index (χ1n) is 9.94. The molecule has 4 rings (SSSR count). The summed E-state index contributed by atoms with van der Waals surface area (Å²) in [4.78, 5) is 12.1. The van der Waals surface area contributed by atoms with E-state index in [4.69, 9.17) is 8.83 Å². The molecule has 0 atom stereocenters. The monoisotopic (exact) mass is 372 g/mol. The van der Waals surface area contributed by atoms with Crippen LogP contribution in [0.2, 0.25) is 0 Å². The Balaban J connectivity index is 1.77. The largest absolute Gasteiger partial charge is 0.425 e. The van der Waals surface area contributed by atoms with Gasteiger partial charge in [0.25, 0.3) is 0 Å². The highest BCUT2D eigenvalue weighted by atomic mass is 16.5. The first-order valence-corrected chi connectivity index (χ1v) is 9.94. The van der Waals surface area contributed by atoms with E-state index in [1.54, 1.807) is 6.07 Å². The third-order valence-corrected chi connectivity index (χ3v) is 5.02. The van der Waals surface area contributed by atoms with Crippen molar-refractivity contribution in [2.45, 2.75) is 39.5 Å². The van der Waals surface area contributed by atoms with E-state index in [-0.39, 0.29) is 5.78 Å². The molecule has 28 heavy (non-hydrogen) atoms. The molecular formula is C25H24O3. The molecule has 0 aliphatic heterocycles. The second-order valence-corrected chi connectivity index (χ2v) is 7.18. The molecular weight excluding hydrogens is 348 g/mol. The summed E-state index contributed by atoms with van der Waals surface area (Å²) in [6.07, 6.45) is 4.35. The van der Waals surface area contributed by atoms with E-state index in [1.807, 2.05) is 6.07 Å². The molecule has 3 heteroatoms. The van der Waals surface area contributed by atoms with E-state index in [2.05, 4.69) is 62.4 Å². The van der Waals surface area contributed by atoms with Gasteiger partial charge in [0.2, 0.25) is 0 Å². The molecule has 0 aliphatic rings. The molecule has 3 nitrogen and oxygen atoms in total. The van der Waals surface area contributed by atoms with Crippen molar-refractivity contribution in [3.8, 4) is 22.5 Å². The van der Waals surface area contributed by atoms with Gasteiger partial charge in [-0.2, -0.15) is 0 Å². The zero-order chi connectivity index (χ0) is 19.5. The van der Waals surface area contributed by atoms with E-state index >= 15 is 0 Å². The molecule has 0 saturated carbocycles. The molecule has 4 aromatic rings. The maximum absolute atomic E-state index is 12.1. The van der Waals surface area contributed by atoms with Crippen LogP contribution in [-0.2, 0) is 12.8 Å². The van der Waals surface area contributed by atoms with Crippen molar-refractivity contribution in [2.24, 2.45) is 0 Å². The third kappa shape index (κ3) is 3.65. The van der Waals surface area contributed by atoms with Crippen molar-refractivity contribution < 1.29 is 8.83 Å². The normalized spacial score (nSPS) is 11.2. The highest BCUT2D eigenvalue weighted by molar-refractivity contribution is 5.93. The summed E-state index contributed by atoms with van der Waals surface area (Å²) < 4.78 is 11.2. The van der Waals surface area contributed by atoms with Crippen LogP contribution in [0.4, 0.5) is 0 Å². The van der Waals surface area contributed by atoms with E-state index in [9.17, 15) is 4.79 Å². The minimum atomic E-state index is -0.403. The average Bonchev–Trinajstić information content (AvgIpc) is 3.13. The number of rotatable bonds is 6. The van der Waals surface area contributed by atoms with Crippen LogP contribution in [0.25, 0.3) is 33.6 Å². The van der Waals surface area contributed by atoms with Gasteiger partial charge >= 0.3 is 11.4 Å². The molecule has 0 spiro atoms. The summed E-state index contributed by atoms with van der Waals surface area (Å²) in [7, 11) is 0. The van der Waals surface area contributed by atoms with Gasteiger partial charge in [0.05, 0.1) is 5.39 Å². The van der Waals surface area contributed by atoms with Gasteiger partial charge in [0, 0.05) is 17.2 Å². The zero-order valence-electron chi connectivity index (χ0n) is 16.3. The second-order valence-electron chi connectivity index (χ2n) is 7.18. The number of hydrogen-bond donors (Lipinski definition) is 0. The molecule has 2 aromatic carbocycles. The molecule has 0 saturated heterocycles. The number of fused-ring (bicyclic) bond motifs is 1. The lowest BCUT2D eigenvalue weighted by Gasteiger charge is -2.04. The van der Waals surface area contributed by atoms with Crippen LogP contribution in [0.1, 0.15) is 37.8 Å². The van der Waals surface area contributed by atoms with Crippen LogP contribution < -0.4 is 5.63 Å². The summed E-state index contributed by atoms with van der Waals surface area (Å²) in [5, 5.41) is 0.815. The van der Waals surface area contributed by atoms with Crippen LogP contribution in [0, 0.1) is 0 Å². The van der Waals surface area contributed by atoms with Crippen LogP contribution in [0.5, 0.6) is 0 Å². The molecule has 0 radical (unpaired) electrons. The molecule has 0 N–H and O–H groups in total. The Kier molecular flexibility index (Phi) is 5.16. The number of hydrogen-bond acceptors (Lipinski definition) is 3. The van der Waals surface area contributed by atoms with Crippen LogP contribution in [-0.4, -0.2) is 0 Å². The fraction of sp³-hybridized carbons (Fsp3) is 0.240. The lowest BCUT2D eigenvalue weighted by Crippen LogP contribution is -1.96. The van der Waals surface area contributed by atoms with Gasteiger partial charge in [-0.1, -0.05) is 75.2 Å². The summed E-state index contributed by atoms with van der Waals surface area (Å²) in [5.74, 6) is 0.976. The van der Waals surface area contributed by atoms with E-state index < -0.39 is 5.63 Å². The fourth-order valence-corrected chi connectivity index (χ4v) is 3.60. The van der Waals surface area contributed by atoms with Crippen molar-refractivity contribution in [1.29, 1.82) is 0 Å². The molecule has 0 aliphatic carbocycles. The summed E-state index contributed by atoms with van der Waals surface area (Å²) >= 11 is 0. The molecule has 0 unspecified atom stereocenters. The van der Waals surface area contributed by atoms with Gasteiger partial charge in [0.15, 0.2) is 0 Å². The Hall–Kier alpha value is -3.07. The molecule has 0 fully saturated rings. The van der Waals surface area contributed by atoms with Gasteiger partial charge in [-0.15, -0.1) is 0 Å². The van der Waals surface area contributed by atoms with Crippen molar-refractivity contribution >= 4 is 11.2 Å². The van der Waals surface area contributed by atoms with E-state index in [0.29, 0.717) is 5.76 Å². The Morgan fingerprint density at radius 2 is 1.29 bits per heavy atom. The summed E-state index contributed by atoms with van der Waals surface area (Å²) in [5.41, 5.74) is 5.00. The first-order chi connectivity index (χ1) is 13.7. The van der Waals surface area contributed by atoms with E-state index in [1.165, 1.54) is 11.1 Å². The number of aryl methyl sites for hydroxylation is 2. The Morgan fingerprint density at radius 3 is 1.86 bits per heavy atom. The quantitative estimate of drug-likeness (QED) is 0.382. The third-order valence-electron chi connectivity index (χ3n) is 5.02. The average molecular weight is 372 g/mol. The van der Waals surface area contributed by atoms with Crippen molar-refractivity contribution in [3.63, 3.8) is 0 Å². The van der Waals surface area contributed by atoms with Crippen LogP contribution >= 0.6 is 0 Å². The Morgan fingerprint density at radius 1 is 0.714 bits per heavy atom. The SMILES string of the molecule is CCCc1ccc(-c2cc3c(-c4ccc(CCC)cc4)cc(=O)oc3o2)cc1. The van der Waals surface area contributed by atoms with Gasteiger partial charge in [-0.3, -0.25) is 0 Å². The van der Waals surface area contributed by atoms with Gasteiger partial charge in [-0.25, -0.2) is 4.79 Å². The molecule has 0 amide bonds. The second kappa shape index (κ2) is 7.89. The predicted molar refractivity (Wildman–Crippen MR) is 114 cm³/mol. The Labute approximate surface area is 164 Å². The van der Waals surface area contributed by atoms with Gasteiger partial charge in [0.1, 0.15) is 5.76 Å². The van der Waals surface area contributed by atoms with Crippen molar-refractivity contribution in [2.75, 3.05) is 0 Å². The smallest absolute Gasteiger partial charge is 0.339 e. The van der Waals surface area contributed by atoms with Crippen molar-refractivity contribution in [1.82, 2.24) is 0 Å². The topological polar surface area (TPSA) is 43.4 Å². The zero-order valence-corrected chi connectivity index (χ0v) is 16.3. The molecule has 142 valence electrons. The van der Waals surface area contributed by atoms with E-state index in [0.717, 1.165) is 47.8 Å². The highest BCUT2D eigenvalue weighted by Crippen LogP contribution is 2.34. The molecule has 2 aromatic heterocycles. The molecule has 0 bridgehead atoms.